The van der Waals surface area contributed by atoms with Gasteiger partial charge in [0, 0.05) is 18.2 Å². The summed E-state index contributed by atoms with van der Waals surface area (Å²) in [5.41, 5.74) is 1.48. The topological polar surface area (TPSA) is 47.3 Å². The van der Waals surface area contributed by atoms with Crippen molar-refractivity contribution < 1.29 is 14.2 Å². The third-order valence-electron chi connectivity index (χ3n) is 2.94. The van der Waals surface area contributed by atoms with Gasteiger partial charge in [0.05, 0.1) is 24.3 Å². The molecule has 0 saturated carbocycles. The second-order valence-electron chi connectivity index (χ2n) is 4.32. The number of hydrogen-bond donors (Lipinski definition) is 1. The number of benzene rings is 1. The largest absolute Gasteiger partial charge is 0.487 e. The molecule has 0 amide bonds. The van der Waals surface area contributed by atoms with E-state index in [1.54, 1.807) is 19.4 Å². The molecule has 1 unspecified atom stereocenters. The molecule has 0 radical (unpaired) electrons. The molecule has 2 rings (SSSR count). The molecule has 1 N–H and O–H groups in total. The number of imidazole rings is 1. The maximum absolute atomic E-state index is 13.2. The standard InChI is InChI=1S/C14H17FN2O2/c1-3-17-9-16-7-12(17)8-19-14-6-11(15)4-5-13(14)10(2)18/h4-7,9-10,18H,3,8H2,1-2H3. The third-order valence-corrected chi connectivity index (χ3v) is 2.94. The quantitative estimate of drug-likeness (QED) is 0.903. The van der Waals surface area contributed by atoms with Gasteiger partial charge in [0.2, 0.25) is 0 Å². The first kappa shape index (κ1) is 13.5. The fourth-order valence-corrected chi connectivity index (χ4v) is 1.88. The Labute approximate surface area is 111 Å². The molecule has 0 spiro atoms. The summed E-state index contributed by atoms with van der Waals surface area (Å²) in [4.78, 5) is 4.04. The van der Waals surface area contributed by atoms with E-state index in [9.17, 15) is 9.50 Å². The van der Waals surface area contributed by atoms with Crippen LogP contribution in [-0.2, 0) is 13.2 Å². The Kier molecular flexibility index (Phi) is 4.16. The number of aliphatic hydroxyl groups excluding tert-OH is 1. The zero-order chi connectivity index (χ0) is 13.8. The van der Waals surface area contributed by atoms with Crippen molar-refractivity contribution in [2.24, 2.45) is 0 Å². The van der Waals surface area contributed by atoms with Crippen molar-refractivity contribution in [3.8, 4) is 5.75 Å². The highest BCUT2D eigenvalue weighted by atomic mass is 19.1. The van der Waals surface area contributed by atoms with Crippen molar-refractivity contribution in [2.45, 2.75) is 33.1 Å². The van der Waals surface area contributed by atoms with Crippen LogP contribution in [0.5, 0.6) is 5.75 Å². The zero-order valence-corrected chi connectivity index (χ0v) is 11.0. The highest BCUT2D eigenvalue weighted by Crippen LogP contribution is 2.26. The monoisotopic (exact) mass is 264 g/mol. The highest BCUT2D eigenvalue weighted by molar-refractivity contribution is 5.35. The Balaban J connectivity index is 2.17. The molecule has 0 bridgehead atoms. The number of ether oxygens (including phenoxy) is 1. The molecule has 1 aromatic carbocycles. The number of rotatable bonds is 5. The van der Waals surface area contributed by atoms with Crippen LogP contribution in [-0.4, -0.2) is 14.7 Å². The Bertz CT molecular complexity index is 552. The summed E-state index contributed by atoms with van der Waals surface area (Å²) in [7, 11) is 0. The molecule has 1 heterocycles. The highest BCUT2D eigenvalue weighted by Gasteiger charge is 2.11. The van der Waals surface area contributed by atoms with Crippen LogP contribution >= 0.6 is 0 Å². The van der Waals surface area contributed by atoms with E-state index in [4.69, 9.17) is 4.74 Å². The van der Waals surface area contributed by atoms with Crippen molar-refractivity contribution in [1.82, 2.24) is 9.55 Å². The zero-order valence-electron chi connectivity index (χ0n) is 11.0. The predicted molar refractivity (Wildman–Crippen MR) is 69.3 cm³/mol. The van der Waals surface area contributed by atoms with Gasteiger partial charge < -0.3 is 14.4 Å². The number of aliphatic hydroxyl groups is 1. The third kappa shape index (κ3) is 3.12. The molecule has 1 aromatic heterocycles. The number of halogens is 1. The van der Waals surface area contributed by atoms with Gasteiger partial charge in [0.1, 0.15) is 18.2 Å². The lowest BCUT2D eigenvalue weighted by Crippen LogP contribution is -2.06. The van der Waals surface area contributed by atoms with Gasteiger partial charge in [0.15, 0.2) is 0 Å². The second kappa shape index (κ2) is 5.84. The van der Waals surface area contributed by atoms with Crippen LogP contribution in [0, 0.1) is 5.82 Å². The van der Waals surface area contributed by atoms with Gasteiger partial charge in [-0.25, -0.2) is 9.37 Å². The SMILES string of the molecule is CCn1cncc1COc1cc(F)ccc1C(C)O. The van der Waals surface area contributed by atoms with Gasteiger partial charge in [-0.2, -0.15) is 0 Å². The van der Waals surface area contributed by atoms with Gasteiger partial charge in [-0.1, -0.05) is 0 Å². The van der Waals surface area contributed by atoms with Gasteiger partial charge in [-0.3, -0.25) is 0 Å². The molecular weight excluding hydrogens is 247 g/mol. The van der Waals surface area contributed by atoms with E-state index in [2.05, 4.69) is 4.98 Å². The van der Waals surface area contributed by atoms with E-state index in [1.165, 1.54) is 18.2 Å². The first-order valence-corrected chi connectivity index (χ1v) is 6.21. The van der Waals surface area contributed by atoms with Gasteiger partial charge >= 0.3 is 0 Å². The van der Waals surface area contributed by atoms with Crippen molar-refractivity contribution >= 4 is 0 Å². The summed E-state index contributed by atoms with van der Waals surface area (Å²) < 4.78 is 20.8. The fraction of sp³-hybridized carbons (Fsp3) is 0.357. The van der Waals surface area contributed by atoms with Crippen LogP contribution in [0.25, 0.3) is 0 Å². The van der Waals surface area contributed by atoms with E-state index in [0.717, 1.165) is 12.2 Å². The number of aryl methyl sites for hydroxylation is 1. The minimum atomic E-state index is -0.702. The number of hydrogen-bond acceptors (Lipinski definition) is 3. The van der Waals surface area contributed by atoms with Crippen molar-refractivity contribution in [3.05, 3.63) is 47.8 Å². The van der Waals surface area contributed by atoms with Gasteiger partial charge in [-0.15, -0.1) is 0 Å². The molecule has 102 valence electrons. The first-order valence-electron chi connectivity index (χ1n) is 6.21. The fourth-order valence-electron chi connectivity index (χ4n) is 1.88. The Morgan fingerprint density at radius 1 is 1.47 bits per heavy atom. The van der Waals surface area contributed by atoms with E-state index in [1.807, 2.05) is 11.5 Å². The lowest BCUT2D eigenvalue weighted by Gasteiger charge is -2.14. The van der Waals surface area contributed by atoms with Crippen molar-refractivity contribution in [1.29, 1.82) is 0 Å². The van der Waals surface area contributed by atoms with Gasteiger partial charge in [-0.05, 0) is 26.0 Å². The molecule has 0 fully saturated rings. The average molecular weight is 264 g/mol. The minimum Gasteiger partial charge on any atom is -0.487 e. The summed E-state index contributed by atoms with van der Waals surface area (Å²) in [6.07, 6.45) is 2.73. The predicted octanol–water partition coefficient (Wildman–Crippen LogP) is 2.67. The molecule has 2 aromatic rings. The summed E-state index contributed by atoms with van der Waals surface area (Å²) in [5, 5.41) is 9.63. The van der Waals surface area contributed by atoms with Crippen LogP contribution in [0.2, 0.25) is 0 Å². The first-order chi connectivity index (χ1) is 9.11. The molecular formula is C14H17FN2O2. The summed E-state index contributed by atoms with van der Waals surface area (Å²) in [5.74, 6) is -0.0257. The maximum atomic E-state index is 13.2. The summed E-state index contributed by atoms with van der Waals surface area (Å²) in [6.45, 7) is 4.72. The van der Waals surface area contributed by atoms with Crippen LogP contribution in [0.15, 0.2) is 30.7 Å². The van der Waals surface area contributed by atoms with E-state index in [-0.39, 0.29) is 12.4 Å². The van der Waals surface area contributed by atoms with Crippen LogP contribution in [0.4, 0.5) is 4.39 Å². The smallest absolute Gasteiger partial charge is 0.130 e. The summed E-state index contributed by atoms with van der Waals surface area (Å²) in [6, 6.07) is 4.13. The number of aromatic nitrogens is 2. The normalized spacial score (nSPS) is 12.4. The van der Waals surface area contributed by atoms with Crippen LogP contribution in [0.1, 0.15) is 31.2 Å². The Hall–Kier alpha value is -1.88. The van der Waals surface area contributed by atoms with Crippen molar-refractivity contribution in [3.63, 3.8) is 0 Å². The molecule has 5 heteroatoms. The van der Waals surface area contributed by atoms with E-state index < -0.39 is 6.10 Å². The number of nitrogens with zero attached hydrogens (tertiary/aromatic N) is 2. The second-order valence-corrected chi connectivity index (χ2v) is 4.32. The molecule has 19 heavy (non-hydrogen) atoms. The maximum Gasteiger partial charge on any atom is 0.130 e. The molecule has 4 nitrogen and oxygen atoms in total. The lowest BCUT2D eigenvalue weighted by atomic mass is 10.1. The summed E-state index contributed by atoms with van der Waals surface area (Å²) >= 11 is 0. The van der Waals surface area contributed by atoms with Crippen LogP contribution < -0.4 is 4.74 Å². The Morgan fingerprint density at radius 2 is 2.26 bits per heavy atom. The van der Waals surface area contributed by atoms with Crippen LogP contribution in [0.3, 0.4) is 0 Å². The van der Waals surface area contributed by atoms with E-state index >= 15 is 0 Å². The Morgan fingerprint density at radius 3 is 2.95 bits per heavy atom. The molecule has 0 aliphatic rings. The lowest BCUT2D eigenvalue weighted by molar-refractivity contribution is 0.189. The molecule has 1 atom stereocenters. The average Bonchev–Trinajstić information content (AvgIpc) is 2.83. The van der Waals surface area contributed by atoms with Gasteiger partial charge in [0.25, 0.3) is 0 Å². The molecule has 0 aliphatic carbocycles. The minimum absolute atomic E-state index is 0.289. The van der Waals surface area contributed by atoms with Crippen molar-refractivity contribution in [2.75, 3.05) is 0 Å². The van der Waals surface area contributed by atoms with E-state index in [0.29, 0.717) is 11.3 Å². The molecule has 0 saturated heterocycles. The molecule has 0 aliphatic heterocycles.